The van der Waals surface area contributed by atoms with Gasteiger partial charge in [-0.1, -0.05) is 29.8 Å². The molecule has 0 unspecified atom stereocenters. The van der Waals surface area contributed by atoms with Crippen LogP contribution in [0.3, 0.4) is 0 Å². The number of hydrogen-bond donors (Lipinski definition) is 1. The van der Waals surface area contributed by atoms with E-state index in [1.807, 2.05) is 6.07 Å². The number of ether oxygens (including phenoxy) is 2. The van der Waals surface area contributed by atoms with Crippen LogP contribution in [0, 0.1) is 6.92 Å². The number of hydrogen-bond acceptors (Lipinski definition) is 4. The van der Waals surface area contributed by atoms with Crippen molar-refractivity contribution in [1.82, 2.24) is 0 Å². The number of carbonyl (C=O) groups excluding carboxylic acids is 2. The lowest BCUT2D eigenvalue weighted by atomic mass is 10.1. The second kappa shape index (κ2) is 8.65. The van der Waals surface area contributed by atoms with E-state index >= 15 is 0 Å². The van der Waals surface area contributed by atoms with E-state index in [0.717, 1.165) is 11.1 Å². The van der Waals surface area contributed by atoms with E-state index in [2.05, 4.69) is 5.32 Å². The third kappa shape index (κ3) is 5.05. The highest BCUT2D eigenvalue weighted by Gasteiger charge is 2.20. The summed E-state index contributed by atoms with van der Waals surface area (Å²) in [6.45, 7) is 3.72. The fourth-order valence-electron chi connectivity index (χ4n) is 2.21. The topological polar surface area (TPSA) is 64.6 Å². The third-order valence-electron chi connectivity index (χ3n) is 3.65. The van der Waals surface area contributed by atoms with Crippen molar-refractivity contribution in [2.24, 2.45) is 0 Å². The molecule has 0 radical (unpaired) electrons. The molecule has 5 nitrogen and oxygen atoms in total. The first-order chi connectivity index (χ1) is 11.9. The normalized spacial score (nSPS) is 11.7. The third-order valence-corrected chi connectivity index (χ3v) is 4.06. The molecule has 0 aliphatic heterocycles. The van der Waals surface area contributed by atoms with E-state index in [9.17, 15) is 9.59 Å². The highest BCUT2D eigenvalue weighted by Crippen LogP contribution is 2.23. The van der Waals surface area contributed by atoms with Crippen molar-refractivity contribution in [3.8, 4) is 0 Å². The standard InChI is InChI=1S/C19H20ClNO4/c1-12-16(20)8-5-9-17(12)21-18(22)13(2)25-19(23)15-7-4-6-14(10-15)11-24-3/h4-10,13H,11H2,1-3H3,(H,21,22)/t13-/m1/s1. The Balaban J connectivity index is 2.02. The van der Waals surface area contributed by atoms with Gasteiger partial charge in [0.2, 0.25) is 0 Å². The fourth-order valence-corrected chi connectivity index (χ4v) is 2.39. The summed E-state index contributed by atoms with van der Waals surface area (Å²) in [7, 11) is 1.58. The first-order valence-corrected chi connectivity index (χ1v) is 8.15. The summed E-state index contributed by atoms with van der Waals surface area (Å²) in [6, 6.07) is 12.1. The van der Waals surface area contributed by atoms with Gasteiger partial charge in [0.05, 0.1) is 12.2 Å². The predicted molar refractivity (Wildman–Crippen MR) is 96.9 cm³/mol. The molecule has 2 rings (SSSR count). The van der Waals surface area contributed by atoms with Crippen molar-refractivity contribution in [2.75, 3.05) is 12.4 Å². The second-order valence-electron chi connectivity index (χ2n) is 5.58. The summed E-state index contributed by atoms with van der Waals surface area (Å²) in [5.41, 5.74) is 2.56. The van der Waals surface area contributed by atoms with Gasteiger partial charge in [-0.2, -0.15) is 0 Å². The molecule has 2 aromatic carbocycles. The number of halogens is 1. The van der Waals surface area contributed by atoms with Gasteiger partial charge in [-0.25, -0.2) is 4.79 Å². The van der Waals surface area contributed by atoms with Crippen LogP contribution in [0.2, 0.25) is 5.02 Å². The lowest BCUT2D eigenvalue weighted by Crippen LogP contribution is -2.30. The number of rotatable bonds is 6. The molecule has 1 atom stereocenters. The lowest BCUT2D eigenvalue weighted by Gasteiger charge is -2.15. The molecule has 0 saturated carbocycles. The Kier molecular flexibility index (Phi) is 6.56. The molecule has 0 bridgehead atoms. The van der Waals surface area contributed by atoms with Crippen molar-refractivity contribution < 1.29 is 19.1 Å². The summed E-state index contributed by atoms with van der Waals surface area (Å²) in [5.74, 6) is -0.991. The first kappa shape index (κ1) is 19.0. The smallest absolute Gasteiger partial charge is 0.338 e. The maximum atomic E-state index is 12.3. The van der Waals surface area contributed by atoms with Crippen molar-refractivity contribution >= 4 is 29.2 Å². The molecule has 0 spiro atoms. The Morgan fingerprint density at radius 1 is 1.20 bits per heavy atom. The number of benzene rings is 2. The van der Waals surface area contributed by atoms with Crippen molar-refractivity contribution in [1.29, 1.82) is 0 Å². The molecule has 0 aliphatic carbocycles. The Labute approximate surface area is 151 Å². The zero-order chi connectivity index (χ0) is 18.4. The zero-order valence-electron chi connectivity index (χ0n) is 14.3. The number of anilines is 1. The van der Waals surface area contributed by atoms with Crippen LogP contribution >= 0.6 is 11.6 Å². The van der Waals surface area contributed by atoms with Crippen LogP contribution in [0.1, 0.15) is 28.4 Å². The van der Waals surface area contributed by atoms with E-state index in [0.29, 0.717) is 22.9 Å². The van der Waals surface area contributed by atoms with E-state index in [1.54, 1.807) is 50.4 Å². The summed E-state index contributed by atoms with van der Waals surface area (Å²) < 4.78 is 10.3. The fraction of sp³-hybridized carbons (Fsp3) is 0.263. The Hall–Kier alpha value is -2.37. The Bertz CT molecular complexity index is 776. The first-order valence-electron chi connectivity index (χ1n) is 7.77. The molecule has 6 heteroatoms. The van der Waals surface area contributed by atoms with Crippen LogP contribution < -0.4 is 5.32 Å². The largest absolute Gasteiger partial charge is 0.449 e. The molecule has 0 heterocycles. The van der Waals surface area contributed by atoms with Crippen LogP contribution in [0.5, 0.6) is 0 Å². The predicted octanol–water partition coefficient (Wildman–Crippen LogP) is 3.98. The molecule has 0 aliphatic rings. The second-order valence-corrected chi connectivity index (χ2v) is 5.99. The maximum absolute atomic E-state index is 12.3. The summed E-state index contributed by atoms with van der Waals surface area (Å²) in [4.78, 5) is 24.5. The Morgan fingerprint density at radius 3 is 2.64 bits per heavy atom. The molecular weight excluding hydrogens is 342 g/mol. The molecule has 1 amide bonds. The van der Waals surface area contributed by atoms with Crippen LogP contribution in [0.15, 0.2) is 42.5 Å². The van der Waals surface area contributed by atoms with E-state index < -0.39 is 18.0 Å². The number of amides is 1. The zero-order valence-corrected chi connectivity index (χ0v) is 15.1. The number of esters is 1. The van der Waals surface area contributed by atoms with E-state index in [-0.39, 0.29) is 0 Å². The van der Waals surface area contributed by atoms with Gasteiger partial charge in [0, 0.05) is 17.8 Å². The van der Waals surface area contributed by atoms with Gasteiger partial charge >= 0.3 is 5.97 Å². The van der Waals surface area contributed by atoms with Gasteiger partial charge in [0.25, 0.3) is 5.91 Å². The number of carbonyl (C=O) groups is 2. The number of nitrogens with one attached hydrogen (secondary N) is 1. The summed E-state index contributed by atoms with van der Waals surface area (Å²) in [6.07, 6.45) is -0.947. The molecular formula is C19H20ClNO4. The van der Waals surface area contributed by atoms with Crippen LogP contribution in [-0.4, -0.2) is 25.1 Å². The minimum Gasteiger partial charge on any atom is -0.449 e. The molecule has 2 aromatic rings. The summed E-state index contributed by atoms with van der Waals surface area (Å²) in [5, 5.41) is 3.27. The quantitative estimate of drug-likeness (QED) is 0.790. The SMILES string of the molecule is COCc1cccc(C(=O)O[C@H](C)C(=O)Nc2cccc(Cl)c2C)c1. The molecule has 1 N–H and O–H groups in total. The molecule has 132 valence electrons. The van der Waals surface area contributed by atoms with Crippen molar-refractivity contribution in [3.63, 3.8) is 0 Å². The average Bonchev–Trinajstić information content (AvgIpc) is 2.59. The van der Waals surface area contributed by atoms with E-state index in [1.165, 1.54) is 6.92 Å². The highest BCUT2D eigenvalue weighted by molar-refractivity contribution is 6.31. The van der Waals surface area contributed by atoms with Gasteiger partial charge in [0.15, 0.2) is 6.10 Å². The van der Waals surface area contributed by atoms with Crippen LogP contribution in [-0.2, 0) is 20.9 Å². The average molecular weight is 362 g/mol. The van der Waals surface area contributed by atoms with Gasteiger partial charge in [-0.15, -0.1) is 0 Å². The minimum atomic E-state index is -0.947. The van der Waals surface area contributed by atoms with E-state index in [4.69, 9.17) is 21.1 Å². The van der Waals surface area contributed by atoms with Crippen LogP contribution in [0.25, 0.3) is 0 Å². The molecule has 0 saturated heterocycles. The monoisotopic (exact) mass is 361 g/mol. The minimum absolute atomic E-state index is 0.369. The Morgan fingerprint density at radius 2 is 1.92 bits per heavy atom. The van der Waals surface area contributed by atoms with Gasteiger partial charge < -0.3 is 14.8 Å². The summed E-state index contributed by atoms with van der Waals surface area (Å²) >= 11 is 6.03. The molecule has 25 heavy (non-hydrogen) atoms. The van der Waals surface area contributed by atoms with Crippen LogP contribution in [0.4, 0.5) is 5.69 Å². The van der Waals surface area contributed by atoms with Gasteiger partial charge in [-0.3, -0.25) is 4.79 Å². The van der Waals surface area contributed by atoms with Gasteiger partial charge in [0.1, 0.15) is 0 Å². The molecule has 0 aromatic heterocycles. The lowest BCUT2D eigenvalue weighted by molar-refractivity contribution is -0.123. The van der Waals surface area contributed by atoms with Crippen molar-refractivity contribution in [2.45, 2.75) is 26.6 Å². The van der Waals surface area contributed by atoms with Gasteiger partial charge in [-0.05, 0) is 49.2 Å². The maximum Gasteiger partial charge on any atom is 0.338 e. The number of methoxy groups -OCH3 is 1. The molecule has 0 fully saturated rings. The highest BCUT2D eigenvalue weighted by atomic mass is 35.5. The van der Waals surface area contributed by atoms with Crippen molar-refractivity contribution in [3.05, 3.63) is 64.2 Å².